The predicted molar refractivity (Wildman–Crippen MR) is 60.0 cm³/mol. The lowest BCUT2D eigenvalue weighted by Crippen LogP contribution is -2.38. The van der Waals surface area contributed by atoms with Crippen molar-refractivity contribution in [3.63, 3.8) is 0 Å². The van der Waals surface area contributed by atoms with Crippen molar-refractivity contribution < 1.29 is 4.79 Å². The molecule has 2 unspecified atom stereocenters. The zero-order valence-corrected chi connectivity index (χ0v) is 10.5. The van der Waals surface area contributed by atoms with Crippen molar-refractivity contribution in [1.82, 2.24) is 5.32 Å². The van der Waals surface area contributed by atoms with Crippen molar-refractivity contribution in [2.75, 3.05) is 5.33 Å². The topological polar surface area (TPSA) is 29.1 Å². The Kier molecular flexibility index (Phi) is 6.39. The lowest BCUT2D eigenvalue weighted by molar-refractivity contribution is -0.126. The summed E-state index contributed by atoms with van der Waals surface area (Å²) in [5.41, 5.74) is 0. The van der Waals surface area contributed by atoms with E-state index < -0.39 is 0 Å². The number of rotatable bonds is 5. The van der Waals surface area contributed by atoms with Crippen LogP contribution in [0.3, 0.4) is 0 Å². The van der Waals surface area contributed by atoms with Crippen LogP contribution in [0.5, 0.6) is 0 Å². The van der Waals surface area contributed by atoms with E-state index in [0.717, 1.165) is 11.8 Å². The summed E-state index contributed by atoms with van der Waals surface area (Å²) in [7, 11) is 0. The molecule has 0 bridgehead atoms. The van der Waals surface area contributed by atoms with Crippen molar-refractivity contribution >= 4 is 21.8 Å². The lowest BCUT2D eigenvalue weighted by Gasteiger charge is -2.19. The van der Waals surface area contributed by atoms with E-state index in [9.17, 15) is 4.79 Å². The summed E-state index contributed by atoms with van der Waals surface area (Å²) < 4.78 is 0. The number of nitrogens with one attached hydrogen (secondary N) is 1. The van der Waals surface area contributed by atoms with Gasteiger partial charge < -0.3 is 5.32 Å². The van der Waals surface area contributed by atoms with E-state index in [0.29, 0.717) is 5.92 Å². The molecule has 0 aromatic rings. The van der Waals surface area contributed by atoms with E-state index in [1.54, 1.807) is 0 Å². The molecule has 0 rings (SSSR count). The fourth-order valence-electron chi connectivity index (χ4n) is 0.913. The van der Waals surface area contributed by atoms with Crippen molar-refractivity contribution in [2.24, 2.45) is 11.8 Å². The normalized spacial score (nSPS) is 15.5. The van der Waals surface area contributed by atoms with Crippen LogP contribution >= 0.6 is 15.9 Å². The number of amides is 1. The summed E-state index contributed by atoms with van der Waals surface area (Å²) in [6.07, 6.45) is 0.983. The minimum Gasteiger partial charge on any atom is -0.353 e. The van der Waals surface area contributed by atoms with Gasteiger partial charge in [0.05, 0.1) is 0 Å². The zero-order chi connectivity index (χ0) is 10.4. The Balaban J connectivity index is 3.85. The summed E-state index contributed by atoms with van der Waals surface area (Å²) in [5.74, 6) is 0.692. The largest absolute Gasteiger partial charge is 0.353 e. The third kappa shape index (κ3) is 5.29. The number of alkyl halides is 1. The molecule has 0 aliphatic heterocycles. The van der Waals surface area contributed by atoms with Crippen LogP contribution in [0.25, 0.3) is 0 Å². The number of carbonyl (C=O) groups excluding carboxylic acids is 1. The van der Waals surface area contributed by atoms with Crippen LogP contribution in [-0.4, -0.2) is 17.3 Å². The van der Waals surface area contributed by atoms with Crippen LogP contribution in [0.4, 0.5) is 0 Å². The van der Waals surface area contributed by atoms with Gasteiger partial charge in [0.15, 0.2) is 0 Å². The number of hydrogen-bond acceptors (Lipinski definition) is 1. The van der Waals surface area contributed by atoms with Gasteiger partial charge in [-0.1, -0.05) is 36.7 Å². The molecule has 3 heteroatoms. The van der Waals surface area contributed by atoms with Gasteiger partial charge in [0.1, 0.15) is 0 Å². The van der Waals surface area contributed by atoms with Gasteiger partial charge in [-0.25, -0.2) is 0 Å². The standard InChI is InChI=1S/C10H20BrNO/c1-7(2)9(4)10(13)12-8(3)5-6-11/h7-9H,5-6H2,1-4H3,(H,12,13). The van der Waals surface area contributed by atoms with Gasteiger partial charge in [0, 0.05) is 17.3 Å². The monoisotopic (exact) mass is 249 g/mol. The predicted octanol–water partition coefficient (Wildman–Crippen LogP) is 2.57. The summed E-state index contributed by atoms with van der Waals surface area (Å²) >= 11 is 3.35. The first kappa shape index (κ1) is 12.9. The Morgan fingerprint density at radius 1 is 1.31 bits per heavy atom. The van der Waals surface area contributed by atoms with E-state index in [-0.39, 0.29) is 17.9 Å². The van der Waals surface area contributed by atoms with E-state index in [2.05, 4.69) is 35.1 Å². The fourth-order valence-corrected chi connectivity index (χ4v) is 1.60. The molecule has 78 valence electrons. The van der Waals surface area contributed by atoms with Crippen molar-refractivity contribution in [2.45, 2.75) is 40.2 Å². The van der Waals surface area contributed by atoms with E-state index in [1.807, 2.05) is 13.8 Å². The summed E-state index contributed by atoms with van der Waals surface area (Å²) in [6, 6.07) is 0.271. The molecule has 0 aromatic carbocycles. The fraction of sp³-hybridized carbons (Fsp3) is 0.900. The summed E-state index contributed by atoms with van der Waals surface area (Å²) in [5, 5.41) is 3.93. The molecule has 2 nitrogen and oxygen atoms in total. The molecule has 0 aromatic heterocycles. The molecule has 1 N–H and O–H groups in total. The molecular weight excluding hydrogens is 230 g/mol. The van der Waals surface area contributed by atoms with Crippen LogP contribution < -0.4 is 5.32 Å². The lowest BCUT2D eigenvalue weighted by atomic mass is 9.97. The highest BCUT2D eigenvalue weighted by atomic mass is 79.9. The highest BCUT2D eigenvalue weighted by Crippen LogP contribution is 2.10. The van der Waals surface area contributed by atoms with Crippen LogP contribution in [0, 0.1) is 11.8 Å². The summed E-state index contributed by atoms with van der Waals surface area (Å²) in [4.78, 5) is 11.5. The van der Waals surface area contributed by atoms with Gasteiger partial charge in [0.25, 0.3) is 0 Å². The average molecular weight is 250 g/mol. The molecular formula is C10H20BrNO. The van der Waals surface area contributed by atoms with Crippen LogP contribution in [0.15, 0.2) is 0 Å². The molecule has 0 fully saturated rings. The second-order valence-corrected chi connectivity index (χ2v) is 4.71. The molecule has 0 aliphatic carbocycles. The molecule has 2 atom stereocenters. The van der Waals surface area contributed by atoms with Crippen LogP contribution in [0.1, 0.15) is 34.1 Å². The van der Waals surface area contributed by atoms with Crippen LogP contribution in [0.2, 0.25) is 0 Å². The second kappa shape index (κ2) is 6.41. The van der Waals surface area contributed by atoms with Gasteiger partial charge in [-0.2, -0.15) is 0 Å². The summed E-state index contributed by atoms with van der Waals surface area (Å²) in [6.45, 7) is 8.14. The molecule has 1 amide bonds. The maximum Gasteiger partial charge on any atom is 0.223 e. The van der Waals surface area contributed by atoms with E-state index in [1.165, 1.54) is 0 Å². The van der Waals surface area contributed by atoms with Gasteiger partial charge in [0.2, 0.25) is 5.91 Å². The van der Waals surface area contributed by atoms with Crippen molar-refractivity contribution in [3.8, 4) is 0 Å². The van der Waals surface area contributed by atoms with E-state index in [4.69, 9.17) is 0 Å². The van der Waals surface area contributed by atoms with E-state index >= 15 is 0 Å². The molecule has 0 saturated heterocycles. The molecule has 13 heavy (non-hydrogen) atoms. The Morgan fingerprint density at radius 2 is 1.85 bits per heavy atom. The van der Waals surface area contributed by atoms with Gasteiger partial charge >= 0.3 is 0 Å². The molecule has 0 spiro atoms. The highest BCUT2D eigenvalue weighted by Gasteiger charge is 2.17. The van der Waals surface area contributed by atoms with Gasteiger partial charge in [-0.3, -0.25) is 4.79 Å². The zero-order valence-electron chi connectivity index (χ0n) is 8.93. The SMILES string of the molecule is CC(CCBr)NC(=O)C(C)C(C)C. The first-order valence-corrected chi connectivity index (χ1v) is 5.97. The Bertz CT molecular complexity index is 159. The van der Waals surface area contributed by atoms with Crippen molar-refractivity contribution in [3.05, 3.63) is 0 Å². The first-order valence-electron chi connectivity index (χ1n) is 4.85. The minimum absolute atomic E-state index is 0.109. The average Bonchev–Trinajstić information content (AvgIpc) is 2.03. The van der Waals surface area contributed by atoms with Crippen LogP contribution in [-0.2, 0) is 4.79 Å². The molecule has 0 saturated carbocycles. The number of carbonyl (C=O) groups is 1. The first-order chi connectivity index (χ1) is 5.99. The molecule has 0 radical (unpaired) electrons. The quantitative estimate of drug-likeness (QED) is 0.746. The molecule has 0 heterocycles. The Morgan fingerprint density at radius 3 is 2.23 bits per heavy atom. The third-order valence-corrected chi connectivity index (χ3v) is 2.80. The van der Waals surface area contributed by atoms with Gasteiger partial charge in [-0.15, -0.1) is 0 Å². The third-order valence-electron chi connectivity index (χ3n) is 2.34. The minimum atomic E-state index is 0.109. The number of hydrogen-bond donors (Lipinski definition) is 1. The Labute approximate surface area is 89.6 Å². The smallest absolute Gasteiger partial charge is 0.223 e. The maximum absolute atomic E-state index is 11.5. The molecule has 0 aliphatic rings. The van der Waals surface area contributed by atoms with Crippen molar-refractivity contribution in [1.29, 1.82) is 0 Å². The number of halogens is 1. The Hall–Kier alpha value is -0.0500. The van der Waals surface area contributed by atoms with Gasteiger partial charge in [-0.05, 0) is 19.3 Å². The highest BCUT2D eigenvalue weighted by molar-refractivity contribution is 9.09. The maximum atomic E-state index is 11.5. The second-order valence-electron chi connectivity index (χ2n) is 3.92.